The molecule has 0 aliphatic rings. The van der Waals surface area contributed by atoms with Crippen molar-refractivity contribution in [3.63, 3.8) is 0 Å². The minimum absolute atomic E-state index is 0.322. The van der Waals surface area contributed by atoms with Crippen molar-refractivity contribution in [3.05, 3.63) is 0 Å². The number of aliphatic hydroxyl groups is 1. The van der Waals surface area contributed by atoms with E-state index in [-0.39, 0.29) is 13.0 Å². The van der Waals surface area contributed by atoms with Crippen molar-refractivity contribution in [2.75, 3.05) is 13.2 Å². The lowest BCUT2D eigenvalue weighted by Gasteiger charge is -2.29. The lowest BCUT2D eigenvalue weighted by atomic mass is 10.0. The van der Waals surface area contributed by atoms with Crippen molar-refractivity contribution < 1.29 is 50.5 Å². The maximum absolute atomic E-state index is 12.2. The van der Waals surface area contributed by atoms with Crippen LogP contribution in [0.4, 0.5) is 26.3 Å². The summed E-state index contributed by atoms with van der Waals surface area (Å²) < 4.78 is 81.2. The third-order valence-electron chi connectivity index (χ3n) is 1.94. The highest BCUT2D eigenvalue weighted by Gasteiger charge is 2.76. The predicted molar refractivity (Wildman–Crippen MR) is 49.3 cm³/mol. The molecular weight excluding hydrogens is 302 g/mol. The van der Waals surface area contributed by atoms with E-state index in [9.17, 15) is 35.9 Å². The molecule has 5 nitrogen and oxygen atoms in total. The summed E-state index contributed by atoms with van der Waals surface area (Å²) in [6.45, 7) is -0.224. The number of alkyl halides is 6. The molecule has 1 N–H and O–H groups in total. The van der Waals surface area contributed by atoms with E-state index in [1.165, 1.54) is 0 Å². The monoisotopic (exact) mass is 312 g/mol. The van der Waals surface area contributed by atoms with Gasteiger partial charge in [-0.25, -0.2) is 4.79 Å². The Hall–Kier alpha value is -1.52. The molecule has 0 amide bonds. The zero-order chi connectivity index (χ0) is 16.2. The van der Waals surface area contributed by atoms with Gasteiger partial charge in [-0.05, 0) is 0 Å². The van der Waals surface area contributed by atoms with Crippen LogP contribution in [0.2, 0.25) is 0 Å². The summed E-state index contributed by atoms with van der Waals surface area (Å²) in [5.74, 6) is -3.61. The first kappa shape index (κ1) is 18.5. The molecule has 0 aliphatic heterocycles. The number of halogens is 6. The molecule has 0 aliphatic carbocycles. The molecule has 118 valence electrons. The largest absolute Gasteiger partial charge is 0.466 e. The van der Waals surface area contributed by atoms with Crippen molar-refractivity contribution in [2.24, 2.45) is 0 Å². The molecule has 0 unspecified atom stereocenters. The molecule has 0 saturated heterocycles. The highest BCUT2D eigenvalue weighted by Crippen LogP contribution is 2.43. The van der Waals surface area contributed by atoms with Crippen molar-refractivity contribution in [2.45, 2.75) is 31.3 Å². The lowest BCUT2D eigenvalue weighted by molar-refractivity contribution is -0.356. The summed E-state index contributed by atoms with van der Waals surface area (Å²) >= 11 is 0. The van der Waals surface area contributed by atoms with Crippen LogP contribution in [-0.4, -0.2) is 48.2 Å². The Bertz CT molecular complexity index is 347. The fourth-order valence-corrected chi connectivity index (χ4v) is 0.936. The van der Waals surface area contributed by atoms with Crippen LogP contribution in [0.15, 0.2) is 0 Å². The van der Waals surface area contributed by atoms with Gasteiger partial charge >= 0.3 is 29.9 Å². The number of carbonyl (C=O) groups excluding carboxylic acids is 2. The van der Waals surface area contributed by atoms with Crippen LogP contribution in [0.1, 0.15) is 13.3 Å². The molecule has 0 saturated carbocycles. The maximum atomic E-state index is 12.2. The van der Waals surface area contributed by atoms with Crippen molar-refractivity contribution >= 4 is 11.9 Å². The number of hydrogen-bond donors (Lipinski definition) is 1. The highest BCUT2D eigenvalue weighted by atomic mass is 19.4. The smallest absolute Gasteiger partial charge is 0.437 e. The Labute approximate surface area is 108 Å². The van der Waals surface area contributed by atoms with Gasteiger partial charge in [0.1, 0.15) is 0 Å². The zero-order valence-corrected chi connectivity index (χ0v) is 9.97. The molecule has 0 aromatic rings. The van der Waals surface area contributed by atoms with Gasteiger partial charge in [-0.1, -0.05) is 0 Å². The quantitative estimate of drug-likeness (QED) is 0.471. The molecule has 0 atom stereocenters. The van der Waals surface area contributed by atoms with Gasteiger partial charge in [0.15, 0.2) is 0 Å². The van der Waals surface area contributed by atoms with Gasteiger partial charge in [0.2, 0.25) is 0 Å². The molecule has 0 bridgehead atoms. The maximum Gasteiger partial charge on any atom is 0.437 e. The van der Waals surface area contributed by atoms with E-state index in [0.29, 0.717) is 0 Å². The van der Waals surface area contributed by atoms with Crippen LogP contribution < -0.4 is 0 Å². The van der Waals surface area contributed by atoms with Crippen LogP contribution in [0.25, 0.3) is 0 Å². The summed E-state index contributed by atoms with van der Waals surface area (Å²) in [5.41, 5.74) is -5.60. The van der Waals surface area contributed by atoms with E-state index in [0.717, 1.165) is 6.92 Å². The van der Waals surface area contributed by atoms with Gasteiger partial charge in [0, 0.05) is 13.3 Å². The molecule has 0 heterocycles. The Morgan fingerprint density at radius 3 is 1.70 bits per heavy atom. The summed E-state index contributed by atoms with van der Waals surface area (Å²) in [5, 5.41) is 8.59. The highest BCUT2D eigenvalue weighted by molar-refractivity contribution is 5.81. The van der Waals surface area contributed by atoms with E-state index in [1.807, 2.05) is 0 Å². The normalized spacial score (nSPS) is 13.0. The molecule has 0 fully saturated rings. The van der Waals surface area contributed by atoms with Crippen molar-refractivity contribution in [1.29, 1.82) is 0 Å². The second-order valence-electron chi connectivity index (χ2n) is 3.54. The second kappa shape index (κ2) is 6.29. The van der Waals surface area contributed by atoms with Gasteiger partial charge in [0.25, 0.3) is 0 Å². The summed E-state index contributed by atoms with van der Waals surface area (Å²) in [6, 6.07) is 0. The number of ether oxygens (including phenoxy) is 2. The van der Waals surface area contributed by atoms with Crippen LogP contribution in [0.5, 0.6) is 0 Å². The summed E-state index contributed by atoms with van der Waals surface area (Å²) in [4.78, 5) is 21.1. The number of esters is 2. The third-order valence-corrected chi connectivity index (χ3v) is 1.94. The molecule has 0 aromatic carbocycles. The van der Waals surface area contributed by atoms with Crippen molar-refractivity contribution in [3.8, 4) is 0 Å². The number of carbonyl (C=O) groups is 2. The SMILES string of the molecule is CC(=O)OCCCOC(=O)C(O)(C(F)(F)F)C(F)(F)F. The summed E-state index contributed by atoms with van der Waals surface area (Å²) in [7, 11) is 0. The van der Waals surface area contributed by atoms with E-state index in [1.54, 1.807) is 0 Å². The standard InChI is InChI=1S/C9H10F6O5/c1-5(16)19-3-2-4-20-6(17)7(18,8(10,11)12)9(13,14)15/h18H,2-4H2,1H3. The van der Waals surface area contributed by atoms with E-state index in [4.69, 9.17) is 5.11 Å². The molecule has 11 heteroatoms. The molecule has 0 rings (SSSR count). The molecule has 0 aromatic heterocycles. The lowest BCUT2D eigenvalue weighted by Crippen LogP contribution is -2.63. The Morgan fingerprint density at radius 2 is 1.35 bits per heavy atom. The third kappa shape index (κ3) is 4.25. The van der Waals surface area contributed by atoms with Gasteiger partial charge < -0.3 is 14.6 Å². The van der Waals surface area contributed by atoms with Crippen LogP contribution in [0, 0.1) is 0 Å². The average molecular weight is 312 g/mol. The Morgan fingerprint density at radius 1 is 0.950 bits per heavy atom. The van der Waals surface area contributed by atoms with Crippen LogP contribution in [0.3, 0.4) is 0 Å². The average Bonchev–Trinajstić information content (AvgIpc) is 2.23. The number of rotatable bonds is 5. The number of hydrogen-bond acceptors (Lipinski definition) is 5. The molecular formula is C9H10F6O5. The first-order valence-electron chi connectivity index (χ1n) is 5.00. The fourth-order valence-electron chi connectivity index (χ4n) is 0.936. The zero-order valence-electron chi connectivity index (χ0n) is 9.97. The van der Waals surface area contributed by atoms with E-state index in [2.05, 4.69) is 9.47 Å². The topological polar surface area (TPSA) is 72.8 Å². The van der Waals surface area contributed by atoms with Gasteiger partial charge in [0.05, 0.1) is 13.2 Å². The van der Waals surface area contributed by atoms with E-state index >= 15 is 0 Å². The van der Waals surface area contributed by atoms with Gasteiger partial charge in [-0.2, -0.15) is 26.3 Å². The summed E-state index contributed by atoms with van der Waals surface area (Å²) in [6.07, 6.45) is -12.9. The van der Waals surface area contributed by atoms with Crippen LogP contribution >= 0.6 is 0 Å². The fraction of sp³-hybridized carbons (Fsp3) is 0.778. The first-order valence-corrected chi connectivity index (χ1v) is 5.00. The molecule has 20 heavy (non-hydrogen) atoms. The van der Waals surface area contributed by atoms with Gasteiger partial charge in [-0.15, -0.1) is 0 Å². The van der Waals surface area contributed by atoms with E-state index < -0.39 is 36.5 Å². The Kier molecular flexibility index (Phi) is 5.81. The van der Waals surface area contributed by atoms with Crippen molar-refractivity contribution in [1.82, 2.24) is 0 Å². The predicted octanol–water partition coefficient (Wildman–Crippen LogP) is 1.34. The van der Waals surface area contributed by atoms with Crippen LogP contribution in [-0.2, 0) is 19.1 Å². The molecule has 0 spiro atoms. The first-order chi connectivity index (χ1) is 8.84. The molecule has 0 radical (unpaired) electrons. The van der Waals surface area contributed by atoms with Gasteiger partial charge in [-0.3, -0.25) is 4.79 Å². The minimum Gasteiger partial charge on any atom is -0.466 e. The second-order valence-corrected chi connectivity index (χ2v) is 3.54. The minimum atomic E-state index is -6.28. The Balaban J connectivity index is 4.66.